The van der Waals surface area contributed by atoms with Gasteiger partial charge in [0, 0.05) is 23.1 Å². The molecule has 1 aromatic carbocycles. The molecular formula is C21H25N3O3. The normalized spacial score (nSPS) is 22.4. The minimum atomic E-state index is -0.294. The van der Waals surface area contributed by atoms with Crippen LogP contribution >= 0.6 is 0 Å². The van der Waals surface area contributed by atoms with E-state index in [1.165, 1.54) is 10.5 Å². The van der Waals surface area contributed by atoms with Crippen molar-refractivity contribution in [2.45, 2.75) is 46.1 Å². The molecule has 1 saturated carbocycles. The van der Waals surface area contributed by atoms with Crippen LogP contribution in [-0.4, -0.2) is 34.2 Å². The molecule has 0 spiro atoms. The van der Waals surface area contributed by atoms with Crippen LogP contribution < -0.4 is 5.32 Å². The maximum atomic E-state index is 12.5. The lowest BCUT2D eigenvalue weighted by Gasteiger charge is -2.19. The lowest BCUT2D eigenvalue weighted by atomic mass is 9.81. The molecule has 2 aromatic rings. The number of nitrogens with zero attached hydrogens (tertiary/aromatic N) is 1. The third-order valence-electron chi connectivity index (χ3n) is 6.10. The number of likely N-dealkylation sites (tertiary alicyclic amines) is 1. The lowest BCUT2D eigenvalue weighted by Crippen LogP contribution is -2.40. The molecular weight excluding hydrogens is 342 g/mol. The van der Waals surface area contributed by atoms with E-state index in [2.05, 4.69) is 23.3 Å². The molecule has 2 aliphatic rings. The van der Waals surface area contributed by atoms with Gasteiger partial charge in [0.2, 0.25) is 17.7 Å². The Balaban J connectivity index is 1.39. The molecule has 2 atom stereocenters. The van der Waals surface area contributed by atoms with E-state index in [0.717, 1.165) is 47.8 Å². The summed E-state index contributed by atoms with van der Waals surface area (Å²) < 4.78 is 0. The summed E-state index contributed by atoms with van der Waals surface area (Å²) in [5.74, 6) is -1.04. The molecule has 0 radical (unpaired) electrons. The predicted octanol–water partition coefficient (Wildman–Crippen LogP) is 2.58. The smallest absolute Gasteiger partial charge is 0.240 e. The second kappa shape index (κ2) is 6.83. The first-order valence-electron chi connectivity index (χ1n) is 9.65. The second-order valence-electron chi connectivity index (χ2n) is 7.79. The number of imide groups is 1. The number of hydrogen-bond donors (Lipinski definition) is 2. The zero-order chi connectivity index (χ0) is 19.1. The fraction of sp³-hybridized carbons (Fsp3) is 0.476. The van der Waals surface area contributed by atoms with Gasteiger partial charge in [0.05, 0.1) is 11.8 Å². The molecule has 27 heavy (non-hydrogen) atoms. The molecule has 1 aromatic heterocycles. The largest absolute Gasteiger partial charge is 0.358 e. The van der Waals surface area contributed by atoms with E-state index in [0.29, 0.717) is 6.54 Å². The first kappa shape index (κ1) is 17.8. The van der Waals surface area contributed by atoms with Gasteiger partial charge in [-0.1, -0.05) is 18.9 Å². The predicted molar refractivity (Wildman–Crippen MR) is 102 cm³/mol. The average molecular weight is 367 g/mol. The van der Waals surface area contributed by atoms with Gasteiger partial charge < -0.3 is 10.3 Å². The highest BCUT2D eigenvalue weighted by molar-refractivity contribution is 6.07. The van der Waals surface area contributed by atoms with Crippen LogP contribution in [0.3, 0.4) is 0 Å². The molecule has 1 aliphatic heterocycles. The van der Waals surface area contributed by atoms with Crippen LogP contribution in [0, 0.1) is 25.7 Å². The highest BCUT2D eigenvalue weighted by Gasteiger charge is 2.48. The monoisotopic (exact) mass is 367 g/mol. The SMILES string of the molecule is Cc1[nH]c2ccc(CNC(=O)CN3C(=O)C4CCCCC4C3=O)cc2c1C. The third kappa shape index (κ3) is 3.13. The summed E-state index contributed by atoms with van der Waals surface area (Å²) in [4.78, 5) is 41.8. The van der Waals surface area contributed by atoms with Gasteiger partial charge in [-0.25, -0.2) is 0 Å². The Labute approximate surface area is 158 Å². The summed E-state index contributed by atoms with van der Waals surface area (Å²) in [6.45, 7) is 4.32. The van der Waals surface area contributed by atoms with Crippen LogP contribution in [0.5, 0.6) is 0 Å². The van der Waals surface area contributed by atoms with E-state index in [4.69, 9.17) is 0 Å². The highest BCUT2D eigenvalue weighted by Crippen LogP contribution is 2.37. The van der Waals surface area contributed by atoms with E-state index < -0.39 is 0 Å². The zero-order valence-corrected chi connectivity index (χ0v) is 15.8. The van der Waals surface area contributed by atoms with Crippen molar-refractivity contribution in [1.82, 2.24) is 15.2 Å². The minimum Gasteiger partial charge on any atom is -0.358 e. The Morgan fingerprint density at radius 3 is 2.48 bits per heavy atom. The molecule has 0 bridgehead atoms. The summed E-state index contributed by atoms with van der Waals surface area (Å²) in [6, 6.07) is 6.04. The van der Waals surface area contributed by atoms with Gasteiger partial charge >= 0.3 is 0 Å². The summed E-state index contributed by atoms with van der Waals surface area (Å²) >= 11 is 0. The Morgan fingerprint density at radius 2 is 1.81 bits per heavy atom. The molecule has 142 valence electrons. The number of aryl methyl sites for hydroxylation is 2. The molecule has 1 aliphatic carbocycles. The van der Waals surface area contributed by atoms with Crippen molar-refractivity contribution in [2.24, 2.45) is 11.8 Å². The Morgan fingerprint density at radius 1 is 1.15 bits per heavy atom. The van der Waals surface area contributed by atoms with Gasteiger partial charge in [-0.2, -0.15) is 0 Å². The number of aromatic nitrogens is 1. The number of carbonyl (C=O) groups is 3. The van der Waals surface area contributed by atoms with Crippen LogP contribution in [0.15, 0.2) is 18.2 Å². The van der Waals surface area contributed by atoms with Crippen LogP contribution in [0.25, 0.3) is 10.9 Å². The summed E-state index contributed by atoms with van der Waals surface area (Å²) in [5.41, 5.74) is 4.41. The fourth-order valence-electron chi connectivity index (χ4n) is 4.41. The number of benzene rings is 1. The number of aromatic amines is 1. The van der Waals surface area contributed by atoms with Gasteiger partial charge in [-0.15, -0.1) is 0 Å². The number of hydrogen-bond acceptors (Lipinski definition) is 3. The standard InChI is InChI=1S/C21H25N3O3/c1-12-13(2)23-18-8-7-14(9-17(12)18)10-22-19(25)11-24-20(26)15-5-3-4-6-16(15)21(24)27/h7-9,15-16,23H,3-6,10-11H2,1-2H3,(H,22,25). The molecule has 1 saturated heterocycles. The Bertz CT molecular complexity index is 906. The van der Waals surface area contributed by atoms with Gasteiger partial charge in [-0.05, 0) is 49.9 Å². The molecule has 4 rings (SSSR count). The lowest BCUT2D eigenvalue weighted by molar-refractivity contribution is -0.143. The molecule has 6 heteroatoms. The van der Waals surface area contributed by atoms with Crippen LogP contribution in [-0.2, 0) is 20.9 Å². The first-order valence-corrected chi connectivity index (χ1v) is 9.65. The number of carbonyl (C=O) groups excluding carboxylic acids is 3. The van der Waals surface area contributed by atoms with Crippen molar-refractivity contribution in [2.75, 3.05) is 6.54 Å². The third-order valence-corrected chi connectivity index (χ3v) is 6.10. The zero-order valence-electron chi connectivity index (χ0n) is 15.8. The van der Waals surface area contributed by atoms with E-state index >= 15 is 0 Å². The van der Waals surface area contributed by atoms with Crippen LogP contribution in [0.4, 0.5) is 0 Å². The van der Waals surface area contributed by atoms with E-state index in [9.17, 15) is 14.4 Å². The van der Waals surface area contributed by atoms with Crippen molar-refractivity contribution >= 4 is 28.6 Å². The second-order valence-corrected chi connectivity index (χ2v) is 7.79. The van der Waals surface area contributed by atoms with Crippen molar-refractivity contribution < 1.29 is 14.4 Å². The number of rotatable bonds is 4. The van der Waals surface area contributed by atoms with Crippen molar-refractivity contribution in [3.8, 4) is 0 Å². The molecule has 3 amide bonds. The van der Waals surface area contributed by atoms with Crippen LogP contribution in [0.2, 0.25) is 0 Å². The van der Waals surface area contributed by atoms with Crippen LogP contribution in [0.1, 0.15) is 42.5 Å². The summed E-state index contributed by atoms with van der Waals surface area (Å²) in [6.07, 6.45) is 3.51. The summed E-state index contributed by atoms with van der Waals surface area (Å²) in [5, 5.41) is 3.99. The van der Waals surface area contributed by atoms with Crippen molar-refractivity contribution in [3.63, 3.8) is 0 Å². The topological polar surface area (TPSA) is 82.3 Å². The van der Waals surface area contributed by atoms with E-state index in [1.54, 1.807) is 0 Å². The van der Waals surface area contributed by atoms with Crippen molar-refractivity contribution in [1.29, 1.82) is 0 Å². The fourth-order valence-corrected chi connectivity index (χ4v) is 4.41. The molecule has 2 unspecified atom stereocenters. The number of H-pyrrole nitrogens is 1. The van der Waals surface area contributed by atoms with Gasteiger partial charge in [0.25, 0.3) is 0 Å². The Hall–Kier alpha value is -2.63. The van der Waals surface area contributed by atoms with Gasteiger partial charge in [-0.3, -0.25) is 19.3 Å². The molecule has 6 nitrogen and oxygen atoms in total. The van der Waals surface area contributed by atoms with E-state index in [-0.39, 0.29) is 36.1 Å². The number of amides is 3. The quantitative estimate of drug-likeness (QED) is 0.815. The van der Waals surface area contributed by atoms with Gasteiger partial charge in [0.15, 0.2) is 0 Å². The highest BCUT2D eigenvalue weighted by atomic mass is 16.2. The van der Waals surface area contributed by atoms with Crippen molar-refractivity contribution in [3.05, 3.63) is 35.0 Å². The molecule has 2 N–H and O–H groups in total. The molecule has 2 heterocycles. The maximum absolute atomic E-state index is 12.5. The van der Waals surface area contributed by atoms with Gasteiger partial charge in [0.1, 0.15) is 6.54 Å². The first-order chi connectivity index (χ1) is 13.0. The molecule has 2 fully saturated rings. The Kier molecular flexibility index (Phi) is 4.50. The average Bonchev–Trinajstić information content (AvgIpc) is 3.09. The summed E-state index contributed by atoms with van der Waals surface area (Å²) in [7, 11) is 0. The van der Waals surface area contributed by atoms with E-state index in [1.807, 2.05) is 19.1 Å². The number of fused-ring (bicyclic) bond motifs is 2. The number of nitrogens with one attached hydrogen (secondary N) is 2. The maximum Gasteiger partial charge on any atom is 0.240 e. The minimum absolute atomic E-state index is 0.167.